The molecule has 1 saturated heterocycles. The van der Waals surface area contributed by atoms with Crippen molar-refractivity contribution < 1.29 is 9.53 Å². The second kappa shape index (κ2) is 13.5. The second-order valence-electron chi connectivity index (χ2n) is 10.8. The number of nitrogens with zero attached hydrogens (tertiary/aromatic N) is 1. The molecule has 1 fully saturated rings. The van der Waals surface area contributed by atoms with Crippen molar-refractivity contribution in [1.29, 1.82) is 0 Å². The van der Waals surface area contributed by atoms with Crippen molar-refractivity contribution in [3.05, 3.63) is 108 Å². The Morgan fingerprint density at radius 2 is 1.72 bits per heavy atom. The lowest BCUT2D eigenvalue weighted by molar-refractivity contribution is -0.0271. The van der Waals surface area contributed by atoms with Crippen LogP contribution in [0.5, 0.6) is 0 Å². The van der Waals surface area contributed by atoms with Crippen LogP contribution in [-0.4, -0.2) is 36.4 Å². The Bertz CT molecular complexity index is 1020. The fourth-order valence-electron chi connectivity index (χ4n) is 4.61. The summed E-state index contributed by atoms with van der Waals surface area (Å²) in [5.74, 6) is 0.240. The molecule has 0 aromatic heterocycles. The fourth-order valence-corrected chi connectivity index (χ4v) is 4.61. The van der Waals surface area contributed by atoms with Crippen molar-refractivity contribution in [2.75, 3.05) is 19.6 Å². The standard InChI is InChI=1S/C33H43NO2/c1-6-7-9-13-26(2)32(28-14-10-8-11-15-28)36-30-21-24-34(25-22-30)23-12-16-31(35)27-17-19-29(20-18-27)33(3,4)5/h6-11,13-15,17-20,30,32H,2,12,16,21-25H2,1,3-5H3. The molecule has 3 rings (SSSR count). The largest absolute Gasteiger partial charge is 0.365 e. The van der Waals surface area contributed by atoms with Crippen LogP contribution in [0.15, 0.2) is 91.1 Å². The molecule has 0 bridgehead atoms. The van der Waals surface area contributed by atoms with Crippen LogP contribution in [0, 0.1) is 0 Å². The third-order valence-corrected chi connectivity index (χ3v) is 6.87. The van der Waals surface area contributed by atoms with Crippen molar-refractivity contribution in [1.82, 2.24) is 4.90 Å². The number of hydrogen-bond acceptors (Lipinski definition) is 3. The summed E-state index contributed by atoms with van der Waals surface area (Å²) in [6.07, 6.45) is 11.6. The number of rotatable bonds is 11. The van der Waals surface area contributed by atoms with Gasteiger partial charge < -0.3 is 9.64 Å². The van der Waals surface area contributed by atoms with Gasteiger partial charge in [0, 0.05) is 25.1 Å². The minimum atomic E-state index is -0.133. The van der Waals surface area contributed by atoms with Gasteiger partial charge in [-0.3, -0.25) is 4.79 Å². The summed E-state index contributed by atoms with van der Waals surface area (Å²) in [7, 11) is 0. The van der Waals surface area contributed by atoms with Gasteiger partial charge in [-0.05, 0) is 54.8 Å². The Balaban J connectivity index is 1.46. The first-order chi connectivity index (χ1) is 17.3. The Kier molecular flexibility index (Phi) is 10.5. The molecule has 3 heteroatoms. The number of piperidine rings is 1. The van der Waals surface area contributed by atoms with Crippen molar-refractivity contribution in [3.8, 4) is 0 Å². The number of likely N-dealkylation sites (tertiary alicyclic amines) is 1. The number of ketones is 1. The summed E-state index contributed by atoms with van der Waals surface area (Å²) in [6.45, 7) is 15.8. The first-order valence-electron chi connectivity index (χ1n) is 13.3. The molecule has 0 amide bonds. The number of hydrogen-bond donors (Lipinski definition) is 0. The van der Waals surface area contributed by atoms with Crippen LogP contribution >= 0.6 is 0 Å². The zero-order valence-corrected chi connectivity index (χ0v) is 22.6. The lowest BCUT2D eigenvalue weighted by Crippen LogP contribution is -2.38. The highest BCUT2D eigenvalue weighted by atomic mass is 16.5. The lowest BCUT2D eigenvalue weighted by Gasteiger charge is -2.34. The van der Waals surface area contributed by atoms with Gasteiger partial charge in [-0.25, -0.2) is 0 Å². The Labute approximate surface area is 218 Å². The van der Waals surface area contributed by atoms with Crippen molar-refractivity contribution in [3.63, 3.8) is 0 Å². The molecule has 2 aromatic carbocycles. The monoisotopic (exact) mass is 485 g/mol. The molecule has 3 nitrogen and oxygen atoms in total. The molecular formula is C33H43NO2. The van der Waals surface area contributed by atoms with E-state index in [1.807, 2.05) is 49.4 Å². The maximum Gasteiger partial charge on any atom is 0.162 e. The normalized spacial score (nSPS) is 16.6. The molecule has 192 valence electrons. The summed E-state index contributed by atoms with van der Waals surface area (Å²) in [5.41, 5.74) is 4.30. The summed E-state index contributed by atoms with van der Waals surface area (Å²) in [6, 6.07) is 18.5. The first-order valence-corrected chi connectivity index (χ1v) is 13.3. The zero-order valence-electron chi connectivity index (χ0n) is 22.6. The summed E-state index contributed by atoms with van der Waals surface area (Å²) < 4.78 is 6.60. The smallest absolute Gasteiger partial charge is 0.162 e. The van der Waals surface area contributed by atoms with Gasteiger partial charge in [0.2, 0.25) is 0 Å². The van der Waals surface area contributed by atoms with Gasteiger partial charge in [0.1, 0.15) is 6.10 Å². The van der Waals surface area contributed by atoms with Crippen molar-refractivity contribution in [2.24, 2.45) is 0 Å². The number of ether oxygens (including phenoxy) is 1. The van der Waals surface area contributed by atoms with E-state index in [-0.39, 0.29) is 23.4 Å². The molecule has 1 heterocycles. The molecule has 36 heavy (non-hydrogen) atoms. The number of benzene rings is 2. The molecular weight excluding hydrogens is 442 g/mol. The van der Waals surface area contributed by atoms with E-state index < -0.39 is 0 Å². The lowest BCUT2D eigenvalue weighted by atomic mass is 9.86. The van der Waals surface area contributed by atoms with Gasteiger partial charge >= 0.3 is 0 Å². The summed E-state index contributed by atoms with van der Waals surface area (Å²) >= 11 is 0. The molecule has 0 spiro atoms. The van der Waals surface area contributed by atoms with Crippen LogP contribution in [0.2, 0.25) is 0 Å². The second-order valence-corrected chi connectivity index (χ2v) is 10.8. The number of carbonyl (C=O) groups excluding carboxylic acids is 1. The minimum Gasteiger partial charge on any atom is -0.365 e. The molecule has 1 atom stereocenters. The Morgan fingerprint density at radius 1 is 1.06 bits per heavy atom. The van der Waals surface area contributed by atoms with E-state index >= 15 is 0 Å². The van der Waals surface area contributed by atoms with Crippen LogP contribution in [0.1, 0.15) is 81.0 Å². The molecule has 0 saturated carbocycles. The van der Waals surface area contributed by atoms with Crippen LogP contribution in [0.3, 0.4) is 0 Å². The molecule has 2 aromatic rings. The van der Waals surface area contributed by atoms with Gasteiger partial charge in [0.25, 0.3) is 0 Å². The molecule has 0 radical (unpaired) electrons. The highest BCUT2D eigenvalue weighted by Crippen LogP contribution is 2.30. The maximum absolute atomic E-state index is 12.7. The van der Waals surface area contributed by atoms with Gasteiger partial charge in [0.15, 0.2) is 5.78 Å². The third kappa shape index (κ3) is 8.43. The third-order valence-electron chi connectivity index (χ3n) is 6.87. The molecule has 1 aliphatic rings. The van der Waals surface area contributed by atoms with E-state index in [1.54, 1.807) is 0 Å². The van der Waals surface area contributed by atoms with Gasteiger partial charge in [-0.1, -0.05) is 106 Å². The molecule has 1 aliphatic heterocycles. The Hall–Kier alpha value is -2.75. The average Bonchev–Trinajstić information content (AvgIpc) is 2.88. The van der Waals surface area contributed by atoms with E-state index in [2.05, 4.69) is 68.6 Å². The van der Waals surface area contributed by atoms with Crippen LogP contribution < -0.4 is 0 Å². The van der Waals surface area contributed by atoms with E-state index in [0.717, 1.165) is 55.6 Å². The first kappa shape index (κ1) is 27.8. The fraction of sp³-hybridized carbons (Fsp3) is 0.424. The van der Waals surface area contributed by atoms with Crippen LogP contribution in [0.25, 0.3) is 0 Å². The number of Topliss-reactive ketones (excluding diaryl/α,β-unsaturated/α-hetero) is 1. The average molecular weight is 486 g/mol. The predicted octanol–water partition coefficient (Wildman–Crippen LogP) is 7.86. The van der Waals surface area contributed by atoms with Crippen molar-refractivity contribution in [2.45, 2.75) is 71.0 Å². The molecule has 0 aliphatic carbocycles. The van der Waals surface area contributed by atoms with E-state index in [1.165, 1.54) is 5.56 Å². The van der Waals surface area contributed by atoms with Crippen LogP contribution in [0.4, 0.5) is 0 Å². The topological polar surface area (TPSA) is 29.5 Å². The number of carbonyl (C=O) groups is 1. The van der Waals surface area contributed by atoms with Gasteiger partial charge in [0.05, 0.1) is 6.10 Å². The highest BCUT2D eigenvalue weighted by molar-refractivity contribution is 5.96. The summed E-state index contributed by atoms with van der Waals surface area (Å²) in [4.78, 5) is 15.1. The van der Waals surface area contributed by atoms with Crippen LogP contribution in [-0.2, 0) is 10.2 Å². The minimum absolute atomic E-state index is 0.106. The highest BCUT2D eigenvalue weighted by Gasteiger charge is 2.24. The van der Waals surface area contributed by atoms with E-state index in [0.29, 0.717) is 6.42 Å². The maximum atomic E-state index is 12.7. The quantitative estimate of drug-likeness (QED) is 0.240. The van der Waals surface area contributed by atoms with E-state index in [9.17, 15) is 4.79 Å². The number of allylic oxidation sites excluding steroid dienone is 3. The Morgan fingerprint density at radius 3 is 2.33 bits per heavy atom. The molecule has 0 N–H and O–H groups in total. The summed E-state index contributed by atoms with van der Waals surface area (Å²) in [5, 5.41) is 0. The van der Waals surface area contributed by atoms with Crippen molar-refractivity contribution >= 4 is 5.78 Å². The SMILES string of the molecule is C=C(C=CC=CC)C(OC1CCN(CCCC(=O)c2ccc(C(C)(C)C)cc2)CC1)c1ccccc1. The van der Waals surface area contributed by atoms with Gasteiger partial charge in [-0.2, -0.15) is 0 Å². The predicted molar refractivity (Wildman–Crippen MR) is 152 cm³/mol. The zero-order chi connectivity index (χ0) is 26.0. The molecule has 1 unspecified atom stereocenters. The van der Waals surface area contributed by atoms with Gasteiger partial charge in [-0.15, -0.1) is 0 Å². The van der Waals surface area contributed by atoms with E-state index in [4.69, 9.17) is 4.74 Å².